The van der Waals surface area contributed by atoms with Gasteiger partial charge in [0.15, 0.2) is 0 Å². The smallest absolute Gasteiger partial charge is 0.216 e. The molecular formula is C9H6F2N4S. The van der Waals surface area contributed by atoms with Crippen molar-refractivity contribution < 1.29 is 8.78 Å². The Morgan fingerprint density at radius 3 is 2.62 bits per heavy atom. The van der Waals surface area contributed by atoms with Crippen LogP contribution in [0.2, 0.25) is 0 Å². The third-order valence-electron chi connectivity index (χ3n) is 1.85. The molecule has 0 atom stereocenters. The molecule has 2 rings (SSSR count). The Morgan fingerprint density at radius 2 is 2.06 bits per heavy atom. The minimum atomic E-state index is -0.682. The maximum absolute atomic E-state index is 13.2. The van der Waals surface area contributed by atoms with Gasteiger partial charge in [0.2, 0.25) is 4.77 Å². The van der Waals surface area contributed by atoms with E-state index in [4.69, 9.17) is 12.2 Å². The number of H-pyrrole nitrogens is 1. The lowest BCUT2D eigenvalue weighted by atomic mass is 10.2. The molecule has 7 heteroatoms. The van der Waals surface area contributed by atoms with Crippen molar-refractivity contribution in [2.24, 2.45) is 5.10 Å². The zero-order chi connectivity index (χ0) is 11.5. The van der Waals surface area contributed by atoms with Gasteiger partial charge in [0.1, 0.15) is 18.0 Å². The predicted octanol–water partition coefficient (Wildman–Crippen LogP) is 2.10. The number of aromatic nitrogens is 3. The molecule has 4 nitrogen and oxygen atoms in total. The topological polar surface area (TPSA) is 46.0 Å². The summed E-state index contributed by atoms with van der Waals surface area (Å²) in [5.41, 5.74) is -0.217. The first-order chi connectivity index (χ1) is 7.68. The van der Waals surface area contributed by atoms with Gasteiger partial charge in [-0.1, -0.05) is 6.07 Å². The summed E-state index contributed by atoms with van der Waals surface area (Å²) in [6.45, 7) is 0. The van der Waals surface area contributed by atoms with Crippen molar-refractivity contribution in [1.82, 2.24) is 14.9 Å². The maximum Gasteiger partial charge on any atom is 0.216 e. The lowest BCUT2D eigenvalue weighted by molar-refractivity contribution is 0.580. The molecule has 0 aliphatic heterocycles. The molecule has 0 amide bonds. The van der Waals surface area contributed by atoms with Crippen molar-refractivity contribution in [1.29, 1.82) is 0 Å². The number of benzene rings is 1. The van der Waals surface area contributed by atoms with Crippen LogP contribution in [0.5, 0.6) is 0 Å². The molecule has 1 aromatic carbocycles. The van der Waals surface area contributed by atoms with E-state index in [-0.39, 0.29) is 10.3 Å². The fourth-order valence-electron chi connectivity index (χ4n) is 1.08. The summed E-state index contributed by atoms with van der Waals surface area (Å²) in [6.07, 6.45) is 2.35. The van der Waals surface area contributed by atoms with E-state index in [2.05, 4.69) is 15.3 Å². The molecule has 0 aliphatic rings. The van der Waals surface area contributed by atoms with Crippen LogP contribution in [0.3, 0.4) is 0 Å². The van der Waals surface area contributed by atoms with Crippen molar-refractivity contribution in [2.75, 3.05) is 0 Å². The van der Waals surface area contributed by atoms with Crippen molar-refractivity contribution in [3.63, 3.8) is 0 Å². The molecule has 1 heterocycles. The van der Waals surface area contributed by atoms with Gasteiger partial charge in [0.05, 0.1) is 11.8 Å². The Bertz CT molecular complexity index is 567. The molecule has 0 saturated heterocycles. The third-order valence-corrected chi connectivity index (χ3v) is 2.12. The van der Waals surface area contributed by atoms with Gasteiger partial charge in [0.25, 0.3) is 0 Å². The molecule has 0 saturated carbocycles. The van der Waals surface area contributed by atoms with E-state index in [1.807, 2.05) is 0 Å². The minimum absolute atomic E-state index is 0.217. The summed E-state index contributed by atoms with van der Waals surface area (Å²) in [5.74, 6) is -1.36. The average molecular weight is 240 g/mol. The number of halogens is 2. The van der Waals surface area contributed by atoms with Crippen molar-refractivity contribution in [3.8, 4) is 0 Å². The van der Waals surface area contributed by atoms with E-state index in [0.717, 1.165) is 18.3 Å². The number of hydrogen-bond acceptors (Lipinski definition) is 3. The summed E-state index contributed by atoms with van der Waals surface area (Å²) in [5, 5.41) is 9.84. The largest absolute Gasteiger partial charge is 0.250 e. The van der Waals surface area contributed by atoms with Gasteiger partial charge in [-0.05, 0) is 24.4 Å². The number of hydrogen-bond donors (Lipinski definition) is 1. The van der Waals surface area contributed by atoms with Crippen LogP contribution >= 0.6 is 12.2 Å². The van der Waals surface area contributed by atoms with Crippen LogP contribution in [0, 0.1) is 16.4 Å². The van der Waals surface area contributed by atoms with Crippen LogP contribution in [-0.2, 0) is 0 Å². The molecule has 0 fully saturated rings. The Morgan fingerprint density at radius 1 is 1.38 bits per heavy atom. The monoisotopic (exact) mass is 240 g/mol. The van der Waals surface area contributed by atoms with Crippen LogP contribution in [0.1, 0.15) is 5.56 Å². The first-order valence-corrected chi connectivity index (χ1v) is 4.69. The van der Waals surface area contributed by atoms with Gasteiger partial charge < -0.3 is 0 Å². The Labute approximate surface area is 94.2 Å². The quantitative estimate of drug-likeness (QED) is 0.645. The van der Waals surface area contributed by atoms with Crippen molar-refractivity contribution in [2.45, 2.75) is 0 Å². The molecular weight excluding hydrogens is 234 g/mol. The van der Waals surface area contributed by atoms with E-state index < -0.39 is 11.6 Å². The normalized spacial score (nSPS) is 11.1. The summed E-state index contributed by atoms with van der Waals surface area (Å²) >= 11 is 4.81. The Hall–Kier alpha value is -1.89. The van der Waals surface area contributed by atoms with Crippen LogP contribution in [0.4, 0.5) is 8.78 Å². The van der Waals surface area contributed by atoms with E-state index in [9.17, 15) is 8.78 Å². The number of nitrogens with zero attached hydrogens (tertiary/aromatic N) is 3. The summed E-state index contributed by atoms with van der Waals surface area (Å²) < 4.78 is 27.8. The van der Waals surface area contributed by atoms with E-state index in [0.29, 0.717) is 0 Å². The fraction of sp³-hybridized carbons (Fsp3) is 0. The fourth-order valence-corrected chi connectivity index (χ4v) is 1.23. The van der Waals surface area contributed by atoms with Crippen LogP contribution in [0.25, 0.3) is 0 Å². The standard InChI is InChI=1S/C9H6F2N4S/c10-7-2-1-3-8(11)6(7)4-13-15-5-12-14-9(15)16/h1-5H,(H,14,16)/b13-4+. The molecule has 0 radical (unpaired) electrons. The highest BCUT2D eigenvalue weighted by Gasteiger charge is 2.04. The van der Waals surface area contributed by atoms with Gasteiger partial charge >= 0.3 is 0 Å². The SMILES string of the molecule is Fc1cccc(F)c1/C=N/n1cn[nH]c1=S. The molecule has 0 spiro atoms. The lowest BCUT2D eigenvalue weighted by Crippen LogP contribution is -1.96. The molecule has 1 N–H and O–H groups in total. The van der Waals surface area contributed by atoms with Gasteiger partial charge in [-0.15, -0.1) is 0 Å². The molecule has 0 unspecified atom stereocenters. The number of nitrogens with one attached hydrogen (secondary N) is 1. The first-order valence-electron chi connectivity index (χ1n) is 4.29. The highest BCUT2D eigenvalue weighted by molar-refractivity contribution is 7.71. The number of aromatic amines is 1. The second-order valence-corrected chi connectivity index (χ2v) is 3.27. The summed E-state index contributed by atoms with van der Waals surface area (Å²) in [6, 6.07) is 3.59. The van der Waals surface area contributed by atoms with Crippen LogP contribution in [0.15, 0.2) is 29.6 Å². The van der Waals surface area contributed by atoms with E-state index in [1.165, 1.54) is 17.1 Å². The molecule has 0 aliphatic carbocycles. The maximum atomic E-state index is 13.2. The highest BCUT2D eigenvalue weighted by atomic mass is 32.1. The van der Waals surface area contributed by atoms with Gasteiger partial charge in [-0.25, -0.2) is 8.78 Å². The van der Waals surface area contributed by atoms with Crippen molar-refractivity contribution in [3.05, 3.63) is 46.5 Å². The van der Waals surface area contributed by atoms with Crippen molar-refractivity contribution >= 4 is 18.4 Å². The second kappa shape index (κ2) is 4.31. The molecule has 82 valence electrons. The predicted molar refractivity (Wildman–Crippen MR) is 56.8 cm³/mol. The first kappa shape index (κ1) is 10.6. The molecule has 2 aromatic rings. The summed E-state index contributed by atoms with van der Waals surface area (Å²) in [7, 11) is 0. The van der Waals surface area contributed by atoms with Gasteiger partial charge in [-0.2, -0.15) is 14.9 Å². The van der Waals surface area contributed by atoms with Crippen LogP contribution < -0.4 is 0 Å². The van der Waals surface area contributed by atoms with E-state index in [1.54, 1.807) is 0 Å². The zero-order valence-corrected chi connectivity index (χ0v) is 8.71. The molecule has 1 aromatic heterocycles. The highest BCUT2D eigenvalue weighted by Crippen LogP contribution is 2.09. The van der Waals surface area contributed by atoms with Gasteiger partial charge in [0, 0.05) is 0 Å². The Kier molecular flexibility index (Phi) is 2.86. The molecule has 16 heavy (non-hydrogen) atoms. The Balaban J connectivity index is 2.38. The third kappa shape index (κ3) is 2.03. The van der Waals surface area contributed by atoms with E-state index >= 15 is 0 Å². The summed E-state index contributed by atoms with van der Waals surface area (Å²) in [4.78, 5) is 0. The van der Waals surface area contributed by atoms with Crippen LogP contribution in [-0.4, -0.2) is 21.1 Å². The van der Waals surface area contributed by atoms with Gasteiger partial charge in [-0.3, -0.25) is 5.10 Å². The minimum Gasteiger partial charge on any atom is -0.250 e. The average Bonchev–Trinajstić information content (AvgIpc) is 2.64. The second-order valence-electron chi connectivity index (χ2n) is 2.89. The zero-order valence-electron chi connectivity index (χ0n) is 7.89. The lowest BCUT2D eigenvalue weighted by Gasteiger charge is -1.97. The number of rotatable bonds is 2. The molecule has 0 bridgehead atoms.